The van der Waals surface area contributed by atoms with E-state index in [9.17, 15) is 0 Å². The van der Waals surface area contributed by atoms with Crippen LogP contribution in [0.1, 0.15) is 52.1 Å². The first-order valence-electron chi connectivity index (χ1n) is 8.33. The van der Waals surface area contributed by atoms with E-state index < -0.39 is 0 Å². The lowest BCUT2D eigenvalue weighted by Gasteiger charge is -2.32. The summed E-state index contributed by atoms with van der Waals surface area (Å²) >= 11 is 0. The molecule has 0 radical (unpaired) electrons. The van der Waals surface area contributed by atoms with Gasteiger partial charge in [-0.05, 0) is 36.6 Å². The maximum absolute atomic E-state index is 6.04. The minimum atomic E-state index is 0.296. The fraction of sp³-hybridized carbons (Fsp3) is 0.667. The zero-order valence-electron chi connectivity index (χ0n) is 14.1. The highest BCUT2D eigenvalue weighted by atomic mass is 16.5. The normalized spacial score (nSPS) is 14.2. The first-order chi connectivity index (χ1) is 10.2. The van der Waals surface area contributed by atoms with Crippen molar-refractivity contribution in [3.8, 4) is 5.75 Å². The summed E-state index contributed by atoms with van der Waals surface area (Å²) in [7, 11) is 0. The molecule has 2 unspecified atom stereocenters. The van der Waals surface area contributed by atoms with Crippen LogP contribution in [0.4, 0.5) is 0 Å². The average molecular weight is 292 g/mol. The molecule has 3 heteroatoms. The number of benzene rings is 1. The smallest absolute Gasteiger partial charge is 0.119 e. The fourth-order valence-corrected chi connectivity index (χ4v) is 2.51. The van der Waals surface area contributed by atoms with Crippen molar-refractivity contribution in [2.24, 2.45) is 11.7 Å². The SMILES string of the molecule is CCCOc1ccc(C(CN)N(CC)CC(C)CC)cc1. The Bertz CT molecular complexity index is 377. The monoisotopic (exact) mass is 292 g/mol. The van der Waals surface area contributed by atoms with Crippen LogP contribution < -0.4 is 10.5 Å². The molecule has 0 aliphatic rings. The van der Waals surface area contributed by atoms with Crippen molar-refractivity contribution in [1.29, 1.82) is 0 Å². The molecule has 0 amide bonds. The number of rotatable bonds is 10. The molecule has 1 rings (SSSR count). The van der Waals surface area contributed by atoms with Gasteiger partial charge in [0, 0.05) is 19.1 Å². The standard InChI is InChI=1S/C18H32N2O/c1-5-12-21-17-10-8-16(9-11-17)18(13-19)20(7-3)14-15(4)6-2/h8-11,15,18H,5-7,12-14,19H2,1-4H3. The Morgan fingerprint density at radius 1 is 1.14 bits per heavy atom. The lowest BCUT2D eigenvalue weighted by atomic mass is 10.0. The van der Waals surface area contributed by atoms with Gasteiger partial charge in [-0.1, -0.05) is 46.2 Å². The van der Waals surface area contributed by atoms with Crippen molar-refractivity contribution in [3.63, 3.8) is 0 Å². The maximum atomic E-state index is 6.04. The second-order valence-electron chi connectivity index (χ2n) is 5.77. The molecule has 0 saturated carbocycles. The first kappa shape index (κ1) is 18.0. The Labute approximate surface area is 130 Å². The van der Waals surface area contributed by atoms with Crippen molar-refractivity contribution in [2.45, 2.75) is 46.6 Å². The third-order valence-corrected chi connectivity index (χ3v) is 4.05. The van der Waals surface area contributed by atoms with Crippen molar-refractivity contribution >= 4 is 0 Å². The minimum Gasteiger partial charge on any atom is -0.494 e. The van der Waals surface area contributed by atoms with E-state index in [-0.39, 0.29) is 0 Å². The predicted molar refractivity (Wildman–Crippen MR) is 90.7 cm³/mol. The van der Waals surface area contributed by atoms with E-state index in [1.807, 2.05) is 0 Å². The van der Waals surface area contributed by atoms with Crippen molar-refractivity contribution < 1.29 is 4.74 Å². The quantitative estimate of drug-likeness (QED) is 0.712. The summed E-state index contributed by atoms with van der Waals surface area (Å²) in [6.45, 7) is 12.4. The highest BCUT2D eigenvalue weighted by Crippen LogP contribution is 2.23. The van der Waals surface area contributed by atoms with E-state index in [2.05, 4.69) is 56.9 Å². The average Bonchev–Trinajstić information content (AvgIpc) is 2.53. The Balaban J connectivity index is 2.77. The maximum Gasteiger partial charge on any atom is 0.119 e. The molecule has 1 aromatic rings. The van der Waals surface area contributed by atoms with E-state index in [1.54, 1.807) is 0 Å². The summed E-state index contributed by atoms with van der Waals surface area (Å²) in [5.74, 6) is 1.65. The molecule has 21 heavy (non-hydrogen) atoms. The van der Waals surface area contributed by atoms with Gasteiger partial charge in [0.1, 0.15) is 5.75 Å². The molecular weight excluding hydrogens is 260 g/mol. The van der Waals surface area contributed by atoms with Gasteiger partial charge in [-0.25, -0.2) is 0 Å². The second-order valence-corrected chi connectivity index (χ2v) is 5.77. The molecule has 0 bridgehead atoms. The summed E-state index contributed by atoms with van der Waals surface area (Å²) in [4.78, 5) is 2.48. The zero-order valence-corrected chi connectivity index (χ0v) is 14.1. The molecule has 0 aliphatic carbocycles. The van der Waals surface area contributed by atoms with Gasteiger partial charge < -0.3 is 10.5 Å². The van der Waals surface area contributed by atoms with E-state index >= 15 is 0 Å². The van der Waals surface area contributed by atoms with Crippen molar-refractivity contribution in [3.05, 3.63) is 29.8 Å². The molecule has 0 heterocycles. The lowest BCUT2D eigenvalue weighted by molar-refractivity contribution is 0.182. The third-order valence-electron chi connectivity index (χ3n) is 4.05. The summed E-state index contributed by atoms with van der Waals surface area (Å²) in [6.07, 6.45) is 2.24. The molecule has 1 aromatic carbocycles. The van der Waals surface area contributed by atoms with Crippen LogP contribution in [0.3, 0.4) is 0 Å². The van der Waals surface area contributed by atoms with Crippen molar-refractivity contribution in [2.75, 3.05) is 26.2 Å². The van der Waals surface area contributed by atoms with Crippen LogP contribution >= 0.6 is 0 Å². The summed E-state index contributed by atoms with van der Waals surface area (Å²) < 4.78 is 5.65. The van der Waals surface area contributed by atoms with E-state index in [1.165, 1.54) is 12.0 Å². The van der Waals surface area contributed by atoms with Crippen LogP contribution in [-0.4, -0.2) is 31.1 Å². The highest BCUT2D eigenvalue weighted by molar-refractivity contribution is 5.29. The minimum absolute atomic E-state index is 0.296. The van der Waals surface area contributed by atoms with Gasteiger partial charge in [0.25, 0.3) is 0 Å². The number of nitrogens with zero attached hydrogens (tertiary/aromatic N) is 1. The topological polar surface area (TPSA) is 38.5 Å². The van der Waals surface area contributed by atoms with E-state index in [4.69, 9.17) is 10.5 Å². The zero-order chi connectivity index (χ0) is 15.7. The summed E-state index contributed by atoms with van der Waals surface area (Å²) in [5.41, 5.74) is 7.33. The van der Waals surface area contributed by atoms with Crippen LogP contribution in [-0.2, 0) is 0 Å². The molecule has 0 aromatic heterocycles. The van der Waals surface area contributed by atoms with Crippen LogP contribution in [0.15, 0.2) is 24.3 Å². The number of likely N-dealkylation sites (N-methyl/N-ethyl adjacent to an activating group) is 1. The van der Waals surface area contributed by atoms with Gasteiger partial charge in [0.15, 0.2) is 0 Å². The van der Waals surface area contributed by atoms with Crippen LogP contribution in [0.2, 0.25) is 0 Å². The lowest BCUT2D eigenvalue weighted by Crippen LogP contribution is -2.36. The Hall–Kier alpha value is -1.06. The Kier molecular flexibility index (Phi) is 8.40. The largest absolute Gasteiger partial charge is 0.494 e. The van der Waals surface area contributed by atoms with Gasteiger partial charge in [-0.15, -0.1) is 0 Å². The molecule has 0 saturated heterocycles. The summed E-state index contributed by atoms with van der Waals surface area (Å²) in [6, 6.07) is 8.73. The second kappa shape index (κ2) is 9.80. The molecule has 0 spiro atoms. The molecule has 120 valence electrons. The van der Waals surface area contributed by atoms with E-state index in [0.29, 0.717) is 18.5 Å². The third kappa shape index (κ3) is 5.68. The molecular formula is C18H32N2O. The van der Waals surface area contributed by atoms with Crippen LogP contribution in [0, 0.1) is 5.92 Å². The highest BCUT2D eigenvalue weighted by Gasteiger charge is 2.19. The molecule has 2 atom stereocenters. The van der Waals surface area contributed by atoms with Gasteiger partial charge in [0.05, 0.1) is 6.61 Å². The van der Waals surface area contributed by atoms with Crippen LogP contribution in [0.25, 0.3) is 0 Å². The van der Waals surface area contributed by atoms with Gasteiger partial charge in [0.2, 0.25) is 0 Å². The van der Waals surface area contributed by atoms with Crippen molar-refractivity contribution in [1.82, 2.24) is 4.90 Å². The predicted octanol–water partition coefficient (Wildman–Crippen LogP) is 3.84. The molecule has 0 aliphatic heterocycles. The Morgan fingerprint density at radius 3 is 2.29 bits per heavy atom. The number of ether oxygens (including phenoxy) is 1. The number of hydrogen-bond acceptors (Lipinski definition) is 3. The fourth-order valence-electron chi connectivity index (χ4n) is 2.51. The van der Waals surface area contributed by atoms with Gasteiger partial charge in [-0.3, -0.25) is 4.90 Å². The van der Waals surface area contributed by atoms with Gasteiger partial charge in [-0.2, -0.15) is 0 Å². The first-order valence-corrected chi connectivity index (χ1v) is 8.33. The number of hydrogen-bond donors (Lipinski definition) is 1. The molecule has 3 nitrogen and oxygen atoms in total. The van der Waals surface area contributed by atoms with Gasteiger partial charge >= 0.3 is 0 Å². The number of nitrogens with two attached hydrogens (primary N) is 1. The van der Waals surface area contributed by atoms with E-state index in [0.717, 1.165) is 31.9 Å². The molecule has 0 fully saturated rings. The molecule has 2 N–H and O–H groups in total. The summed E-state index contributed by atoms with van der Waals surface area (Å²) in [5, 5.41) is 0. The van der Waals surface area contributed by atoms with Crippen LogP contribution in [0.5, 0.6) is 5.75 Å². The Morgan fingerprint density at radius 2 is 1.81 bits per heavy atom.